The Morgan fingerprint density at radius 2 is 2.20 bits per heavy atom. The summed E-state index contributed by atoms with van der Waals surface area (Å²) < 4.78 is 0. The average molecular weight is 206 g/mol. The number of aliphatic hydroxyl groups is 1. The van der Waals surface area contributed by atoms with Gasteiger partial charge in [-0.25, -0.2) is 0 Å². The Kier molecular flexibility index (Phi) is 2.97. The number of nitrogens with one attached hydrogen (secondary N) is 1. The molecule has 0 aliphatic heterocycles. The van der Waals surface area contributed by atoms with E-state index < -0.39 is 6.10 Å². The number of carbonyl (C=O) groups excluding carboxylic acids is 1. The van der Waals surface area contributed by atoms with Crippen molar-refractivity contribution in [2.24, 2.45) is 5.92 Å². The van der Waals surface area contributed by atoms with Gasteiger partial charge in [-0.05, 0) is 30.9 Å². The zero-order chi connectivity index (χ0) is 10.7. The molecule has 2 rings (SSSR count). The molecule has 0 bridgehead atoms. The normalized spacial score (nSPS) is 17.1. The quantitative estimate of drug-likeness (QED) is 0.757. The van der Waals surface area contributed by atoms with E-state index in [-0.39, 0.29) is 5.91 Å². The van der Waals surface area contributed by atoms with Crippen LogP contribution < -0.4 is 5.32 Å². The van der Waals surface area contributed by atoms with E-state index in [1.54, 1.807) is 24.5 Å². The molecule has 1 fully saturated rings. The van der Waals surface area contributed by atoms with Gasteiger partial charge in [0.25, 0.3) is 5.91 Å². The molecule has 1 aromatic rings. The van der Waals surface area contributed by atoms with Gasteiger partial charge < -0.3 is 10.4 Å². The highest BCUT2D eigenvalue weighted by Crippen LogP contribution is 2.32. The van der Waals surface area contributed by atoms with E-state index in [4.69, 9.17) is 0 Å². The largest absolute Gasteiger partial charge is 0.391 e. The number of aliphatic hydroxyl groups excluding tert-OH is 1. The van der Waals surface area contributed by atoms with Crippen LogP contribution in [0.5, 0.6) is 0 Å². The Balaban J connectivity index is 1.82. The van der Waals surface area contributed by atoms with Crippen LogP contribution in [0.4, 0.5) is 0 Å². The molecular weight excluding hydrogens is 192 g/mol. The number of carbonyl (C=O) groups is 1. The van der Waals surface area contributed by atoms with Gasteiger partial charge in [0.2, 0.25) is 0 Å². The zero-order valence-electron chi connectivity index (χ0n) is 8.39. The van der Waals surface area contributed by atoms with Crippen molar-refractivity contribution in [1.29, 1.82) is 0 Å². The Labute approximate surface area is 88.3 Å². The summed E-state index contributed by atoms with van der Waals surface area (Å²) >= 11 is 0. The molecule has 0 spiro atoms. The minimum Gasteiger partial charge on any atom is -0.391 e. The molecule has 80 valence electrons. The fourth-order valence-electron chi connectivity index (χ4n) is 1.45. The van der Waals surface area contributed by atoms with Crippen LogP contribution in [-0.4, -0.2) is 28.6 Å². The summed E-state index contributed by atoms with van der Waals surface area (Å²) in [6, 6.07) is 3.30. The lowest BCUT2D eigenvalue weighted by Gasteiger charge is -2.10. The summed E-state index contributed by atoms with van der Waals surface area (Å²) in [5.74, 6) is 0.236. The van der Waals surface area contributed by atoms with Crippen LogP contribution in [0, 0.1) is 5.92 Å². The predicted molar refractivity (Wildman–Crippen MR) is 55.3 cm³/mol. The van der Waals surface area contributed by atoms with Gasteiger partial charge in [0.1, 0.15) is 0 Å². The minimum atomic E-state index is -0.393. The second kappa shape index (κ2) is 4.40. The van der Waals surface area contributed by atoms with Gasteiger partial charge in [0, 0.05) is 24.5 Å². The molecule has 0 saturated heterocycles. The monoisotopic (exact) mass is 206 g/mol. The third-order valence-corrected chi connectivity index (χ3v) is 2.58. The Hall–Kier alpha value is -1.42. The van der Waals surface area contributed by atoms with Crippen LogP contribution in [0.15, 0.2) is 24.5 Å². The van der Waals surface area contributed by atoms with E-state index in [1.165, 1.54) is 0 Å². The highest BCUT2D eigenvalue weighted by molar-refractivity contribution is 5.93. The zero-order valence-corrected chi connectivity index (χ0v) is 8.39. The van der Waals surface area contributed by atoms with E-state index in [0.29, 0.717) is 18.0 Å². The third kappa shape index (κ3) is 2.76. The number of hydrogen-bond donors (Lipinski definition) is 2. The summed E-state index contributed by atoms with van der Waals surface area (Å²) in [6.07, 6.45) is 4.91. The molecule has 2 N–H and O–H groups in total. The standard InChI is InChI=1S/C11H14N2O2/c14-10(8-1-2-8)7-13-11(15)9-3-5-12-6-4-9/h3-6,8,10,14H,1-2,7H2,(H,13,15). The maximum Gasteiger partial charge on any atom is 0.251 e. The SMILES string of the molecule is O=C(NCC(O)C1CC1)c1ccncc1. The molecule has 1 saturated carbocycles. The van der Waals surface area contributed by atoms with E-state index in [0.717, 1.165) is 12.8 Å². The lowest BCUT2D eigenvalue weighted by molar-refractivity contribution is 0.0901. The molecule has 15 heavy (non-hydrogen) atoms. The Morgan fingerprint density at radius 3 is 2.80 bits per heavy atom. The minimum absolute atomic E-state index is 0.155. The summed E-state index contributed by atoms with van der Waals surface area (Å²) in [5.41, 5.74) is 0.577. The number of amides is 1. The third-order valence-electron chi connectivity index (χ3n) is 2.58. The summed E-state index contributed by atoms with van der Waals surface area (Å²) in [5, 5.41) is 12.3. The number of nitrogens with zero attached hydrogens (tertiary/aromatic N) is 1. The number of pyridine rings is 1. The number of hydrogen-bond acceptors (Lipinski definition) is 3. The lowest BCUT2D eigenvalue weighted by Crippen LogP contribution is -2.33. The number of aromatic nitrogens is 1. The fraction of sp³-hybridized carbons (Fsp3) is 0.455. The molecule has 1 aromatic heterocycles. The van der Waals surface area contributed by atoms with Crippen molar-refractivity contribution in [1.82, 2.24) is 10.3 Å². The maximum absolute atomic E-state index is 11.5. The first kappa shape index (κ1) is 10.1. The summed E-state index contributed by atoms with van der Waals surface area (Å²) in [4.78, 5) is 15.4. The Morgan fingerprint density at radius 1 is 1.53 bits per heavy atom. The second-order valence-corrected chi connectivity index (χ2v) is 3.85. The maximum atomic E-state index is 11.5. The number of rotatable bonds is 4. The predicted octanol–water partition coefficient (Wildman–Crippen LogP) is 0.582. The van der Waals surface area contributed by atoms with E-state index >= 15 is 0 Å². The van der Waals surface area contributed by atoms with Crippen LogP contribution in [0.1, 0.15) is 23.2 Å². The fourth-order valence-corrected chi connectivity index (χ4v) is 1.45. The van der Waals surface area contributed by atoms with Crippen LogP contribution in [0.2, 0.25) is 0 Å². The molecule has 1 amide bonds. The van der Waals surface area contributed by atoms with E-state index in [2.05, 4.69) is 10.3 Å². The first-order valence-electron chi connectivity index (χ1n) is 5.13. The van der Waals surface area contributed by atoms with E-state index in [9.17, 15) is 9.90 Å². The van der Waals surface area contributed by atoms with Crippen molar-refractivity contribution in [3.05, 3.63) is 30.1 Å². The molecule has 0 radical (unpaired) electrons. The van der Waals surface area contributed by atoms with Crippen molar-refractivity contribution < 1.29 is 9.90 Å². The van der Waals surface area contributed by atoms with Crippen molar-refractivity contribution in [2.45, 2.75) is 18.9 Å². The average Bonchev–Trinajstić information content (AvgIpc) is 3.10. The molecule has 1 aliphatic carbocycles. The van der Waals surface area contributed by atoms with Gasteiger partial charge in [0.05, 0.1) is 6.10 Å². The molecule has 0 aromatic carbocycles. The van der Waals surface area contributed by atoms with Crippen molar-refractivity contribution in [2.75, 3.05) is 6.54 Å². The molecule has 1 unspecified atom stereocenters. The van der Waals surface area contributed by atoms with Crippen LogP contribution in [0.25, 0.3) is 0 Å². The van der Waals surface area contributed by atoms with Gasteiger partial charge in [-0.15, -0.1) is 0 Å². The van der Waals surface area contributed by atoms with Gasteiger partial charge in [0.15, 0.2) is 0 Å². The highest BCUT2D eigenvalue weighted by Gasteiger charge is 2.29. The summed E-state index contributed by atoms with van der Waals surface area (Å²) in [6.45, 7) is 0.339. The van der Waals surface area contributed by atoms with Crippen LogP contribution >= 0.6 is 0 Å². The van der Waals surface area contributed by atoms with Crippen molar-refractivity contribution in [3.8, 4) is 0 Å². The van der Waals surface area contributed by atoms with Crippen LogP contribution in [-0.2, 0) is 0 Å². The molecule has 4 nitrogen and oxygen atoms in total. The van der Waals surface area contributed by atoms with E-state index in [1.807, 2.05) is 0 Å². The first-order chi connectivity index (χ1) is 7.27. The smallest absolute Gasteiger partial charge is 0.251 e. The summed E-state index contributed by atoms with van der Waals surface area (Å²) in [7, 11) is 0. The second-order valence-electron chi connectivity index (χ2n) is 3.85. The highest BCUT2D eigenvalue weighted by atomic mass is 16.3. The van der Waals surface area contributed by atoms with Gasteiger partial charge >= 0.3 is 0 Å². The lowest BCUT2D eigenvalue weighted by atomic mass is 10.2. The van der Waals surface area contributed by atoms with Gasteiger partial charge in [-0.1, -0.05) is 0 Å². The van der Waals surface area contributed by atoms with Crippen molar-refractivity contribution >= 4 is 5.91 Å². The molecule has 1 atom stereocenters. The molecule has 1 aliphatic rings. The van der Waals surface area contributed by atoms with Gasteiger partial charge in [-0.2, -0.15) is 0 Å². The molecule has 1 heterocycles. The first-order valence-corrected chi connectivity index (χ1v) is 5.13. The topological polar surface area (TPSA) is 62.2 Å². The van der Waals surface area contributed by atoms with Crippen LogP contribution in [0.3, 0.4) is 0 Å². The Bertz CT molecular complexity index is 336. The van der Waals surface area contributed by atoms with Crippen molar-refractivity contribution in [3.63, 3.8) is 0 Å². The van der Waals surface area contributed by atoms with Gasteiger partial charge in [-0.3, -0.25) is 9.78 Å². The molecule has 4 heteroatoms. The molecular formula is C11H14N2O2.